The molecule has 2 saturated heterocycles. The van der Waals surface area contributed by atoms with Gasteiger partial charge in [0.1, 0.15) is 30.5 Å². The number of benzene rings is 2. The lowest BCUT2D eigenvalue weighted by Crippen LogP contribution is -2.60. The number of aliphatic hydroxyl groups is 2. The molecule has 3 amide bonds. The first kappa shape index (κ1) is 44.0. The Balaban J connectivity index is 0.000000287. The van der Waals surface area contributed by atoms with E-state index in [9.17, 15) is 24.6 Å². The highest BCUT2D eigenvalue weighted by Gasteiger charge is 2.41. The molecular weight excluding hydrogens is 680 g/mol. The standard InChI is InChI=1S/C22H34N2O4.C18H28N2O5/c1-6-20-15(3)21(19(13-27-20)24-17(5)25)28-16(4)22(26)23-14(2)12-18-10-8-7-9-11-18;1-11(8-13-6-4-3-5-7-13)20-18(23)12(2)25-17-14(19)10-24-15(9-21)16(17)22/h7-11,14-16,19-21H,6,12-13H2,1-5H3,(H,23,26)(H,24,25);3-7,11-12,14-17,21-22H,8-10,19H2,1-2H3,(H,20,23)/t14-,15+,16+,19-,20?,21?;11-,12+,14-,15?,16+,17?/m00/s1. The molecule has 13 nitrogen and oxygen atoms in total. The Morgan fingerprint density at radius 1 is 0.811 bits per heavy atom. The van der Waals surface area contributed by atoms with E-state index in [-0.39, 0.29) is 67.2 Å². The molecule has 0 spiro atoms. The molecule has 0 aromatic heterocycles. The molecule has 2 fully saturated rings. The zero-order valence-corrected chi connectivity index (χ0v) is 32.3. The highest BCUT2D eigenvalue weighted by molar-refractivity contribution is 5.81. The molecule has 2 aliphatic rings. The third-order valence-electron chi connectivity index (χ3n) is 9.61. The third-order valence-corrected chi connectivity index (χ3v) is 9.61. The summed E-state index contributed by atoms with van der Waals surface area (Å²) in [6.45, 7) is 13.1. The van der Waals surface area contributed by atoms with Gasteiger partial charge in [-0.25, -0.2) is 0 Å². The van der Waals surface area contributed by atoms with E-state index in [2.05, 4.69) is 41.9 Å². The first-order valence-corrected chi connectivity index (χ1v) is 18.8. The molecule has 0 aliphatic carbocycles. The minimum absolute atomic E-state index is 0.00240. The number of ether oxygens (including phenoxy) is 4. The molecule has 0 radical (unpaired) electrons. The zero-order valence-electron chi connectivity index (χ0n) is 32.3. The smallest absolute Gasteiger partial charge is 0.249 e. The van der Waals surface area contributed by atoms with Crippen molar-refractivity contribution in [2.45, 2.75) is 135 Å². The number of hydrogen-bond acceptors (Lipinski definition) is 10. The summed E-state index contributed by atoms with van der Waals surface area (Å²) < 4.78 is 22.9. The molecule has 4 unspecified atom stereocenters. The van der Waals surface area contributed by atoms with Gasteiger partial charge >= 0.3 is 0 Å². The van der Waals surface area contributed by atoms with Crippen molar-refractivity contribution in [2.24, 2.45) is 11.7 Å². The van der Waals surface area contributed by atoms with Crippen LogP contribution in [0.3, 0.4) is 0 Å². The highest BCUT2D eigenvalue weighted by Crippen LogP contribution is 2.27. The Hall–Kier alpha value is -3.43. The van der Waals surface area contributed by atoms with Gasteiger partial charge in [-0.3, -0.25) is 14.4 Å². The predicted octanol–water partition coefficient (Wildman–Crippen LogP) is 2.04. The van der Waals surface area contributed by atoms with E-state index in [0.717, 1.165) is 18.4 Å². The van der Waals surface area contributed by atoms with E-state index in [4.69, 9.17) is 24.7 Å². The number of nitrogens with one attached hydrogen (secondary N) is 3. The van der Waals surface area contributed by atoms with Gasteiger partial charge in [-0.15, -0.1) is 0 Å². The Morgan fingerprint density at radius 2 is 1.28 bits per heavy atom. The van der Waals surface area contributed by atoms with Gasteiger partial charge in [0.2, 0.25) is 17.7 Å². The first-order valence-electron chi connectivity index (χ1n) is 18.8. The lowest BCUT2D eigenvalue weighted by molar-refractivity contribution is -0.188. The van der Waals surface area contributed by atoms with Crippen LogP contribution in [0.25, 0.3) is 0 Å². The van der Waals surface area contributed by atoms with Crippen molar-refractivity contribution >= 4 is 17.7 Å². The second-order valence-corrected chi connectivity index (χ2v) is 14.3. The van der Waals surface area contributed by atoms with Crippen molar-refractivity contribution in [1.82, 2.24) is 16.0 Å². The number of carbonyl (C=O) groups is 3. The fourth-order valence-electron chi connectivity index (χ4n) is 6.73. The molecule has 2 aromatic carbocycles. The van der Waals surface area contributed by atoms with Crippen molar-refractivity contribution in [3.05, 3.63) is 71.8 Å². The summed E-state index contributed by atoms with van der Waals surface area (Å²) in [7, 11) is 0. The minimum Gasteiger partial charge on any atom is -0.394 e. The van der Waals surface area contributed by atoms with E-state index in [1.165, 1.54) is 12.5 Å². The maximum Gasteiger partial charge on any atom is 0.249 e. The van der Waals surface area contributed by atoms with E-state index >= 15 is 0 Å². The maximum absolute atomic E-state index is 12.6. The van der Waals surface area contributed by atoms with Crippen LogP contribution in [-0.2, 0) is 46.2 Å². The summed E-state index contributed by atoms with van der Waals surface area (Å²) in [4.78, 5) is 36.5. The summed E-state index contributed by atoms with van der Waals surface area (Å²) in [5.41, 5.74) is 8.23. The van der Waals surface area contributed by atoms with Crippen molar-refractivity contribution in [2.75, 3.05) is 19.8 Å². The summed E-state index contributed by atoms with van der Waals surface area (Å²) in [6.07, 6.45) is -1.86. The second-order valence-electron chi connectivity index (χ2n) is 14.3. The van der Waals surface area contributed by atoms with Crippen molar-refractivity contribution in [3.8, 4) is 0 Å². The number of hydrogen-bond donors (Lipinski definition) is 6. The SMILES string of the molecule is CCC1OC[C@H](NC(C)=O)C(O[C@H](C)C(=O)N[C@@H](C)Cc2ccccc2)[C@@H]1C.C[C@@H](Cc1ccccc1)NC(=O)[C@@H](C)OC1[C@H](O)C(CO)OC[C@@H]1N. The van der Waals surface area contributed by atoms with Crippen LogP contribution in [0.2, 0.25) is 0 Å². The number of amides is 3. The molecular formula is C40H62N4O9. The van der Waals surface area contributed by atoms with Crippen molar-refractivity contribution in [1.29, 1.82) is 0 Å². The Bertz CT molecular complexity index is 1390. The maximum atomic E-state index is 12.6. The number of carbonyl (C=O) groups excluding carboxylic acids is 3. The number of nitrogens with two attached hydrogens (primary N) is 1. The van der Waals surface area contributed by atoms with Gasteiger partial charge in [0, 0.05) is 24.9 Å². The molecule has 7 N–H and O–H groups in total. The summed E-state index contributed by atoms with van der Waals surface area (Å²) in [6, 6.07) is 19.1. The van der Waals surface area contributed by atoms with Gasteiger partial charge in [-0.2, -0.15) is 0 Å². The topological polar surface area (TPSA) is 191 Å². The second kappa shape index (κ2) is 22.1. The number of aliphatic hydroxyl groups excluding tert-OH is 2. The van der Waals surface area contributed by atoms with E-state index < -0.39 is 36.6 Å². The van der Waals surface area contributed by atoms with E-state index in [1.54, 1.807) is 13.8 Å². The Morgan fingerprint density at radius 3 is 1.74 bits per heavy atom. The quantitative estimate of drug-likeness (QED) is 0.158. The molecule has 0 bridgehead atoms. The van der Waals surface area contributed by atoms with E-state index in [1.807, 2.05) is 62.4 Å². The van der Waals surface area contributed by atoms with Crippen LogP contribution in [0.5, 0.6) is 0 Å². The van der Waals surface area contributed by atoms with Gasteiger partial charge in [-0.1, -0.05) is 74.5 Å². The fourth-order valence-corrected chi connectivity index (χ4v) is 6.73. The number of rotatable bonds is 15. The van der Waals surface area contributed by atoms with Gasteiger partial charge in [0.25, 0.3) is 0 Å². The zero-order chi connectivity index (χ0) is 39.1. The fraction of sp³-hybridized carbons (Fsp3) is 0.625. The van der Waals surface area contributed by atoms with Crippen molar-refractivity contribution < 1.29 is 43.5 Å². The van der Waals surface area contributed by atoms with Crippen LogP contribution in [0.15, 0.2) is 60.7 Å². The van der Waals surface area contributed by atoms with Crippen LogP contribution in [0, 0.1) is 5.92 Å². The summed E-state index contributed by atoms with van der Waals surface area (Å²) in [5.74, 6) is -0.461. The molecule has 12 atom stereocenters. The lowest BCUT2D eigenvalue weighted by atomic mass is 9.88. The molecule has 0 saturated carbocycles. The van der Waals surface area contributed by atoms with Crippen LogP contribution >= 0.6 is 0 Å². The molecule has 2 heterocycles. The summed E-state index contributed by atoms with van der Waals surface area (Å²) >= 11 is 0. The minimum atomic E-state index is -1.08. The predicted molar refractivity (Wildman–Crippen MR) is 202 cm³/mol. The van der Waals surface area contributed by atoms with Crippen LogP contribution in [0.4, 0.5) is 0 Å². The largest absolute Gasteiger partial charge is 0.394 e. The Kier molecular flexibility index (Phi) is 18.3. The molecule has 13 heteroatoms. The molecule has 53 heavy (non-hydrogen) atoms. The van der Waals surface area contributed by atoms with Gasteiger partial charge in [-0.05, 0) is 58.1 Å². The average Bonchev–Trinajstić information content (AvgIpc) is 3.12. The monoisotopic (exact) mass is 742 g/mol. The summed E-state index contributed by atoms with van der Waals surface area (Å²) in [5, 5.41) is 28.2. The van der Waals surface area contributed by atoms with Crippen LogP contribution < -0.4 is 21.7 Å². The molecule has 296 valence electrons. The first-order chi connectivity index (χ1) is 25.2. The van der Waals surface area contributed by atoms with Crippen LogP contribution in [-0.4, -0.2) is 115 Å². The Labute approximate surface area is 314 Å². The lowest BCUT2D eigenvalue weighted by Gasteiger charge is -2.42. The molecule has 4 rings (SSSR count). The van der Waals surface area contributed by atoms with Crippen molar-refractivity contribution in [3.63, 3.8) is 0 Å². The third kappa shape index (κ3) is 14.1. The highest BCUT2D eigenvalue weighted by atomic mass is 16.6. The molecule has 2 aromatic rings. The van der Waals surface area contributed by atoms with Crippen LogP contribution in [0.1, 0.15) is 66.0 Å². The normalized spacial score (nSPS) is 27.9. The van der Waals surface area contributed by atoms with E-state index in [0.29, 0.717) is 13.0 Å². The average molecular weight is 743 g/mol. The molecule has 2 aliphatic heterocycles. The van der Waals surface area contributed by atoms with Gasteiger partial charge in [0.15, 0.2) is 0 Å². The van der Waals surface area contributed by atoms with Gasteiger partial charge < -0.3 is 50.8 Å². The van der Waals surface area contributed by atoms with Gasteiger partial charge in [0.05, 0.1) is 44.1 Å².